The van der Waals surface area contributed by atoms with Gasteiger partial charge in [-0.1, -0.05) is 0 Å². The molecule has 0 unspecified atom stereocenters. The third kappa shape index (κ3) is 2.14. The number of hydrogen-bond acceptors (Lipinski definition) is 4. The van der Waals surface area contributed by atoms with Crippen LogP contribution in [0.5, 0.6) is 0 Å². The molecule has 0 bridgehead atoms. The minimum atomic E-state index is -0.501. The van der Waals surface area contributed by atoms with Crippen molar-refractivity contribution >= 4 is 5.97 Å². The van der Waals surface area contributed by atoms with Crippen molar-refractivity contribution in [3.8, 4) is 6.07 Å². The molecule has 0 aliphatic carbocycles. The number of aliphatic hydroxyl groups is 1. The molecule has 1 aromatic rings. The lowest BCUT2D eigenvalue weighted by molar-refractivity contribution is 0.0599. The van der Waals surface area contributed by atoms with Crippen LogP contribution in [0.15, 0.2) is 12.1 Å². The quantitative estimate of drug-likeness (QED) is 0.735. The van der Waals surface area contributed by atoms with E-state index in [1.165, 1.54) is 13.2 Å². The Kier molecular flexibility index (Phi) is 3.42. The lowest BCUT2D eigenvalue weighted by Gasteiger charge is -2.07. The largest absolute Gasteiger partial charge is 0.465 e. The van der Waals surface area contributed by atoms with Gasteiger partial charge in [-0.15, -0.1) is 0 Å². The molecule has 0 spiro atoms. The fourth-order valence-electron chi connectivity index (χ4n) is 1.30. The van der Waals surface area contributed by atoms with Gasteiger partial charge in [0.25, 0.3) is 0 Å². The Bertz CT molecular complexity index is 432. The topological polar surface area (TPSA) is 70.3 Å². The Morgan fingerprint density at radius 3 is 2.73 bits per heavy atom. The van der Waals surface area contributed by atoms with E-state index < -0.39 is 5.97 Å². The Morgan fingerprint density at radius 1 is 1.60 bits per heavy atom. The van der Waals surface area contributed by atoms with E-state index in [-0.39, 0.29) is 6.61 Å². The van der Waals surface area contributed by atoms with Crippen molar-refractivity contribution in [2.45, 2.75) is 13.5 Å². The lowest BCUT2D eigenvalue weighted by Crippen LogP contribution is -2.06. The minimum Gasteiger partial charge on any atom is -0.465 e. The molecule has 0 aliphatic rings. The Morgan fingerprint density at radius 2 is 2.27 bits per heavy atom. The number of esters is 1. The van der Waals surface area contributed by atoms with E-state index >= 15 is 0 Å². The average molecular weight is 205 g/mol. The number of aliphatic hydroxyl groups excluding tert-OH is 1. The van der Waals surface area contributed by atoms with Crippen molar-refractivity contribution in [1.29, 1.82) is 5.26 Å². The van der Waals surface area contributed by atoms with Gasteiger partial charge in [-0.05, 0) is 30.2 Å². The van der Waals surface area contributed by atoms with E-state index in [9.17, 15) is 4.79 Å². The maximum Gasteiger partial charge on any atom is 0.338 e. The van der Waals surface area contributed by atoms with Crippen LogP contribution in [0.25, 0.3) is 0 Å². The van der Waals surface area contributed by atoms with E-state index in [1.54, 1.807) is 13.0 Å². The number of nitriles is 1. The molecule has 1 N–H and O–H groups in total. The summed E-state index contributed by atoms with van der Waals surface area (Å²) in [6, 6.07) is 5.06. The van der Waals surface area contributed by atoms with Crippen LogP contribution in [0.2, 0.25) is 0 Å². The Balaban J connectivity index is 3.38. The number of methoxy groups -OCH3 is 1. The molecule has 0 aliphatic heterocycles. The van der Waals surface area contributed by atoms with Gasteiger partial charge in [-0.3, -0.25) is 0 Å². The zero-order valence-corrected chi connectivity index (χ0v) is 8.57. The molecule has 4 nitrogen and oxygen atoms in total. The van der Waals surface area contributed by atoms with Crippen LogP contribution >= 0.6 is 0 Å². The van der Waals surface area contributed by atoms with E-state index in [0.29, 0.717) is 22.3 Å². The highest BCUT2D eigenvalue weighted by atomic mass is 16.5. The molecular weight excluding hydrogens is 194 g/mol. The van der Waals surface area contributed by atoms with Crippen LogP contribution in [-0.4, -0.2) is 18.2 Å². The van der Waals surface area contributed by atoms with E-state index in [4.69, 9.17) is 10.4 Å². The standard InChI is InChI=1S/C11H11NO3/c1-7-9(5-12)3-8(6-13)4-10(7)11(14)15-2/h3-4,13H,6H2,1-2H3. The van der Waals surface area contributed by atoms with Crippen LogP contribution in [0, 0.1) is 18.3 Å². The van der Waals surface area contributed by atoms with Gasteiger partial charge in [0.1, 0.15) is 0 Å². The second-order valence-corrected chi connectivity index (χ2v) is 3.08. The molecule has 0 atom stereocenters. The van der Waals surface area contributed by atoms with Crippen LogP contribution in [0.3, 0.4) is 0 Å². The summed E-state index contributed by atoms with van der Waals surface area (Å²) in [4.78, 5) is 11.4. The molecule has 78 valence electrons. The summed E-state index contributed by atoms with van der Waals surface area (Å²) in [6.45, 7) is 1.46. The first-order valence-corrected chi connectivity index (χ1v) is 4.36. The van der Waals surface area contributed by atoms with Crippen LogP contribution < -0.4 is 0 Å². The molecule has 15 heavy (non-hydrogen) atoms. The first-order valence-electron chi connectivity index (χ1n) is 4.36. The smallest absolute Gasteiger partial charge is 0.338 e. The summed E-state index contributed by atoms with van der Waals surface area (Å²) >= 11 is 0. The van der Waals surface area contributed by atoms with Crippen molar-refractivity contribution < 1.29 is 14.6 Å². The highest BCUT2D eigenvalue weighted by Crippen LogP contribution is 2.17. The zero-order chi connectivity index (χ0) is 11.4. The number of carbonyl (C=O) groups excluding carboxylic acids is 1. The maximum atomic E-state index is 11.4. The highest BCUT2D eigenvalue weighted by Gasteiger charge is 2.13. The van der Waals surface area contributed by atoms with Crippen molar-refractivity contribution in [3.63, 3.8) is 0 Å². The molecule has 1 aromatic carbocycles. The number of rotatable bonds is 2. The summed E-state index contributed by atoms with van der Waals surface area (Å²) in [5, 5.41) is 17.8. The SMILES string of the molecule is COC(=O)c1cc(CO)cc(C#N)c1C. The normalized spacial score (nSPS) is 9.47. The lowest BCUT2D eigenvalue weighted by atomic mass is 9.99. The second kappa shape index (κ2) is 4.58. The van der Waals surface area contributed by atoms with E-state index in [2.05, 4.69) is 4.74 Å². The number of hydrogen-bond donors (Lipinski definition) is 1. The van der Waals surface area contributed by atoms with Gasteiger partial charge >= 0.3 is 5.97 Å². The van der Waals surface area contributed by atoms with Crippen molar-refractivity contribution in [2.75, 3.05) is 7.11 Å². The Labute approximate surface area is 87.7 Å². The molecule has 0 fully saturated rings. The Hall–Kier alpha value is -1.86. The van der Waals surface area contributed by atoms with Gasteiger partial charge < -0.3 is 9.84 Å². The van der Waals surface area contributed by atoms with Crippen LogP contribution in [0.1, 0.15) is 27.0 Å². The summed E-state index contributed by atoms with van der Waals surface area (Å²) in [6.07, 6.45) is 0. The number of carbonyl (C=O) groups is 1. The molecule has 0 radical (unpaired) electrons. The first-order chi connectivity index (χ1) is 7.13. The fraction of sp³-hybridized carbons (Fsp3) is 0.273. The second-order valence-electron chi connectivity index (χ2n) is 3.08. The van der Waals surface area contributed by atoms with Gasteiger partial charge in [0.2, 0.25) is 0 Å². The zero-order valence-electron chi connectivity index (χ0n) is 8.57. The van der Waals surface area contributed by atoms with E-state index in [0.717, 1.165) is 0 Å². The van der Waals surface area contributed by atoms with Gasteiger partial charge in [-0.2, -0.15) is 5.26 Å². The molecule has 4 heteroatoms. The molecule has 0 heterocycles. The first kappa shape index (κ1) is 11.2. The molecular formula is C11H11NO3. The van der Waals surface area contributed by atoms with Gasteiger partial charge in [-0.25, -0.2) is 4.79 Å². The highest BCUT2D eigenvalue weighted by molar-refractivity contribution is 5.91. The number of benzene rings is 1. The minimum absolute atomic E-state index is 0.209. The molecule has 0 aromatic heterocycles. The monoisotopic (exact) mass is 205 g/mol. The maximum absolute atomic E-state index is 11.4. The molecule has 0 saturated heterocycles. The van der Waals surface area contributed by atoms with Crippen molar-refractivity contribution in [3.05, 3.63) is 34.4 Å². The number of nitrogens with zero attached hydrogens (tertiary/aromatic N) is 1. The third-order valence-electron chi connectivity index (χ3n) is 2.18. The summed E-state index contributed by atoms with van der Waals surface area (Å²) in [5.74, 6) is -0.501. The average Bonchev–Trinajstić information content (AvgIpc) is 2.28. The van der Waals surface area contributed by atoms with E-state index in [1.807, 2.05) is 6.07 Å². The fourth-order valence-corrected chi connectivity index (χ4v) is 1.30. The molecule has 0 saturated carbocycles. The van der Waals surface area contributed by atoms with Crippen molar-refractivity contribution in [2.24, 2.45) is 0 Å². The van der Waals surface area contributed by atoms with Crippen LogP contribution in [0.4, 0.5) is 0 Å². The summed E-state index contributed by atoms with van der Waals surface area (Å²) in [5.41, 5.74) is 1.79. The predicted octanol–water partition coefficient (Wildman–Crippen LogP) is 1.15. The summed E-state index contributed by atoms with van der Waals surface area (Å²) in [7, 11) is 1.28. The molecule has 0 amide bonds. The summed E-state index contributed by atoms with van der Waals surface area (Å²) < 4.78 is 4.59. The van der Waals surface area contributed by atoms with Gasteiger partial charge in [0, 0.05) is 0 Å². The third-order valence-corrected chi connectivity index (χ3v) is 2.18. The van der Waals surface area contributed by atoms with Crippen molar-refractivity contribution in [1.82, 2.24) is 0 Å². The van der Waals surface area contributed by atoms with Gasteiger partial charge in [0.15, 0.2) is 0 Å². The number of ether oxygens (including phenoxy) is 1. The van der Waals surface area contributed by atoms with Crippen LogP contribution in [-0.2, 0) is 11.3 Å². The van der Waals surface area contributed by atoms with Gasteiger partial charge in [0.05, 0.1) is 30.9 Å². The predicted molar refractivity (Wildman–Crippen MR) is 53.2 cm³/mol. The molecule has 1 rings (SSSR count).